The Morgan fingerprint density at radius 2 is 2.10 bits per heavy atom. The van der Waals surface area contributed by atoms with Crippen molar-refractivity contribution in [3.63, 3.8) is 0 Å². The minimum atomic E-state index is -0.458. The second-order valence-electron chi connectivity index (χ2n) is 6.55. The Labute approximate surface area is 128 Å². The van der Waals surface area contributed by atoms with Crippen LogP contribution in [0.1, 0.15) is 40.3 Å². The van der Waals surface area contributed by atoms with Crippen LogP contribution in [0, 0.1) is 0 Å². The van der Waals surface area contributed by atoms with Gasteiger partial charge in [0, 0.05) is 44.6 Å². The second kappa shape index (κ2) is 7.50. The second-order valence-corrected chi connectivity index (χ2v) is 6.55. The number of carbonyl (C=O) groups excluding carboxylic acids is 1. The van der Waals surface area contributed by atoms with E-state index in [1.54, 1.807) is 4.90 Å². The zero-order valence-electron chi connectivity index (χ0n) is 14.1. The molecule has 0 fully saturated rings. The van der Waals surface area contributed by atoms with E-state index in [1.165, 1.54) is 5.69 Å². The molecule has 1 aromatic heterocycles. The van der Waals surface area contributed by atoms with Crippen molar-refractivity contribution in [3.05, 3.63) is 24.0 Å². The lowest BCUT2D eigenvalue weighted by molar-refractivity contribution is 0.0193. The molecule has 1 heterocycles. The zero-order chi connectivity index (χ0) is 16.0. The number of ether oxygens (including phenoxy) is 1. The highest BCUT2D eigenvalue weighted by Gasteiger charge is 2.23. The average molecular weight is 295 g/mol. The number of amides is 1. The van der Waals surface area contributed by atoms with Crippen molar-refractivity contribution in [3.8, 4) is 0 Å². The third-order valence-corrected chi connectivity index (χ3v) is 3.14. The summed E-state index contributed by atoms with van der Waals surface area (Å²) in [6, 6.07) is 4.23. The smallest absolute Gasteiger partial charge is 0.410 e. The summed E-state index contributed by atoms with van der Waals surface area (Å²) in [7, 11) is 2.03. The van der Waals surface area contributed by atoms with Gasteiger partial charge in [-0.05, 0) is 46.8 Å². The Morgan fingerprint density at radius 3 is 2.57 bits per heavy atom. The number of aryl methyl sites for hydroxylation is 1. The van der Waals surface area contributed by atoms with E-state index in [9.17, 15) is 4.79 Å². The summed E-state index contributed by atoms with van der Waals surface area (Å²) in [5.74, 6) is 0. The SMILES string of the molecule is CC(C)N(CCNCc1cccn1C)C(=O)OC(C)(C)C. The van der Waals surface area contributed by atoms with Crippen molar-refractivity contribution < 1.29 is 9.53 Å². The van der Waals surface area contributed by atoms with Crippen LogP contribution in [0.15, 0.2) is 18.3 Å². The van der Waals surface area contributed by atoms with E-state index in [0.717, 1.165) is 13.1 Å². The molecule has 1 aromatic rings. The Balaban J connectivity index is 2.41. The van der Waals surface area contributed by atoms with E-state index in [-0.39, 0.29) is 12.1 Å². The summed E-state index contributed by atoms with van der Waals surface area (Å²) >= 11 is 0. The van der Waals surface area contributed by atoms with Crippen molar-refractivity contribution >= 4 is 6.09 Å². The highest BCUT2D eigenvalue weighted by atomic mass is 16.6. The Hall–Kier alpha value is -1.49. The zero-order valence-corrected chi connectivity index (χ0v) is 14.1. The van der Waals surface area contributed by atoms with E-state index in [1.807, 2.05) is 53.9 Å². The molecule has 5 heteroatoms. The fourth-order valence-electron chi connectivity index (χ4n) is 1.98. The Bertz CT molecular complexity index is 447. The monoisotopic (exact) mass is 295 g/mol. The van der Waals surface area contributed by atoms with Gasteiger partial charge in [-0.25, -0.2) is 4.79 Å². The molecule has 0 aliphatic carbocycles. The van der Waals surface area contributed by atoms with Crippen LogP contribution in [-0.2, 0) is 18.3 Å². The van der Waals surface area contributed by atoms with Crippen molar-refractivity contribution in [2.75, 3.05) is 13.1 Å². The normalized spacial score (nSPS) is 11.8. The van der Waals surface area contributed by atoms with Crippen molar-refractivity contribution in [2.45, 2.75) is 52.8 Å². The summed E-state index contributed by atoms with van der Waals surface area (Å²) in [5, 5.41) is 3.36. The van der Waals surface area contributed by atoms with E-state index >= 15 is 0 Å². The number of carbonyl (C=O) groups is 1. The van der Waals surface area contributed by atoms with Crippen molar-refractivity contribution in [1.29, 1.82) is 0 Å². The van der Waals surface area contributed by atoms with Crippen LogP contribution in [0.2, 0.25) is 0 Å². The van der Waals surface area contributed by atoms with Gasteiger partial charge in [-0.15, -0.1) is 0 Å². The molecule has 21 heavy (non-hydrogen) atoms. The molecular formula is C16H29N3O2. The fourth-order valence-corrected chi connectivity index (χ4v) is 1.98. The van der Waals surface area contributed by atoms with Crippen LogP contribution >= 0.6 is 0 Å². The third-order valence-electron chi connectivity index (χ3n) is 3.14. The first-order valence-electron chi connectivity index (χ1n) is 7.51. The van der Waals surface area contributed by atoms with Crippen LogP contribution in [0.5, 0.6) is 0 Å². The van der Waals surface area contributed by atoms with Gasteiger partial charge < -0.3 is 19.5 Å². The fraction of sp³-hybridized carbons (Fsp3) is 0.688. The lowest BCUT2D eigenvalue weighted by atomic mass is 10.2. The van der Waals surface area contributed by atoms with E-state index in [4.69, 9.17) is 4.74 Å². The molecule has 0 aliphatic rings. The van der Waals surface area contributed by atoms with Crippen molar-refractivity contribution in [1.82, 2.24) is 14.8 Å². The largest absolute Gasteiger partial charge is 0.444 e. The summed E-state index contributed by atoms with van der Waals surface area (Å²) in [4.78, 5) is 13.9. The molecule has 0 aliphatic heterocycles. The van der Waals surface area contributed by atoms with Gasteiger partial charge in [-0.2, -0.15) is 0 Å². The first-order chi connectivity index (χ1) is 9.70. The topological polar surface area (TPSA) is 46.5 Å². The molecule has 120 valence electrons. The van der Waals surface area contributed by atoms with Gasteiger partial charge in [-0.3, -0.25) is 0 Å². The third kappa shape index (κ3) is 6.21. The molecule has 0 saturated heterocycles. The molecule has 0 radical (unpaired) electrons. The molecule has 0 atom stereocenters. The summed E-state index contributed by atoms with van der Waals surface area (Å²) in [6.45, 7) is 11.8. The lowest BCUT2D eigenvalue weighted by Gasteiger charge is -2.30. The van der Waals surface area contributed by atoms with E-state index < -0.39 is 5.60 Å². The molecule has 1 rings (SSSR count). The maximum absolute atomic E-state index is 12.1. The Kier molecular flexibility index (Phi) is 6.27. The predicted molar refractivity (Wildman–Crippen MR) is 85.2 cm³/mol. The van der Waals surface area contributed by atoms with Gasteiger partial charge in [0.1, 0.15) is 5.60 Å². The molecule has 0 aromatic carbocycles. The quantitative estimate of drug-likeness (QED) is 0.821. The van der Waals surface area contributed by atoms with Crippen LogP contribution in [0.3, 0.4) is 0 Å². The minimum absolute atomic E-state index is 0.122. The number of hydrogen-bond donors (Lipinski definition) is 1. The highest BCUT2D eigenvalue weighted by Crippen LogP contribution is 2.11. The number of nitrogens with zero attached hydrogens (tertiary/aromatic N) is 2. The molecule has 1 N–H and O–H groups in total. The predicted octanol–water partition coefficient (Wildman–Crippen LogP) is 2.76. The molecule has 5 nitrogen and oxygen atoms in total. The molecular weight excluding hydrogens is 266 g/mol. The van der Waals surface area contributed by atoms with E-state index in [2.05, 4.69) is 16.0 Å². The first kappa shape index (κ1) is 17.6. The first-order valence-corrected chi connectivity index (χ1v) is 7.51. The number of nitrogens with one attached hydrogen (secondary N) is 1. The number of rotatable bonds is 6. The molecule has 0 bridgehead atoms. The van der Waals surface area contributed by atoms with Gasteiger partial charge >= 0.3 is 6.09 Å². The summed E-state index contributed by atoms with van der Waals surface area (Å²) < 4.78 is 7.52. The van der Waals surface area contributed by atoms with Gasteiger partial charge in [0.25, 0.3) is 0 Å². The maximum atomic E-state index is 12.1. The van der Waals surface area contributed by atoms with Crippen LogP contribution in [0.4, 0.5) is 4.79 Å². The van der Waals surface area contributed by atoms with Gasteiger partial charge in [0.05, 0.1) is 0 Å². The maximum Gasteiger partial charge on any atom is 0.410 e. The molecule has 1 amide bonds. The van der Waals surface area contributed by atoms with Gasteiger partial charge in [0.2, 0.25) is 0 Å². The molecule has 0 spiro atoms. The highest BCUT2D eigenvalue weighted by molar-refractivity contribution is 5.68. The number of hydrogen-bond acceptors (Lipinski definition) is 3. The lowest BCUT2D eigenvalue weighted by Crippen LogP contribution is -2.44. The van der Waals surface area contributed by atoms with E-state index in [0.29, 0.717) is 6.54 Å². The minimum Gasteiger partial charge on any atom is -0.444 e. The van der Waals surface area contributed by atoms with Crippen molar-refractivity contribution in [2.24, 2.45) is 7.05 Å². The van der Waals surface area contributed by atoms with Crippen LogP contribution in [-0.4, -0.2) is 40.3 Å². The summed E-state index contributed by atoms with van der Waals surface area (Å²) in [5.41, 5.74) is 0.768. The average Bonchev–Trinajstić information content (AvgIpc) is 2.71. The van der Waals surface area contributed by atoms with Gasteiger partial charge in [-0.1, -0.05) is 0 Å². The molecule has 0 unspecified atom stereocenters. The Morgan fingerprint density at radius 1 is 1.43 bits per heavy atom. The van der Waals surface area contributed by atoms with Crippen LogP contribution in [0.25, 0.3) is 0 Å². The molecule has 0 saturated carbocycles. The summed E-state index contributed by atoms with van der Waals surface area (Å²) in [6.07, 6.45) is 1.77. The van der Waals surface area contributed by atoms with Gasteiger partial charge in [0.15, 0.2) is 0 Å². The standard InChI is InChI=1S/C16H29N3O2/c1-13(2)19(15(20)21-16(3,4)5)11-9-17-12-14-8-7-10-18(14)6/h7-8,10,13,17H,9,11-12H2,1-6H3. The number of aromatic nitrogens is 1. The van der Waals surface area contributed by atoms with Crippen LogP contribution < -0.4 is 5.32 Å².